The van der Waals surface area contributed by atoms with E-state index in [0.717, 1.165) is 5.56 Å². The zero-order valence-electron chi connectivity index (χ0n) is 17.6. The lowest BCUT2D eigenvalue weighted by atomic mass is 10.1. The third-order valence-corrected chi connectivity index (χ3v) is 5.50. The highest BCUT2D eigenvalue weighted by Crippen LogP contribution is 2.34. The summed E-state index contributed by atoms with van der Waals surface area (Å²) in [4.78, 5) is 39.4. The number of benzene rings is 2. The Bertz CT molecular complexity index is 1170. The highest BCUT2D eigenvalue weighted by atomic mass is 31.1. The normalized spacial score (nSPS) is 12.1. The first-order valence-corrected chi connectivity index (χ1v) is 11.0. The van der Waals surface area contributed by atoms with Gasteiger partial charge >= 0.3 is 14.1 Å². The molecule has 1 aromatic heterocycles. The van der Waals surface area contributed by atoms with Crippen molar-refractivity contribution in [3.8, 4) is 17.2 Å². The van der Waals surface area contributed by atoms with Crippen molar-refractivity contribution in [1.29, 1.82) is 0 Å². The van der Waals surface area contributed by atoms with Crippen LogP contribution in [0.4, 0.5) is 0 Å². The fourth-order valence-electron chi connectivity index (χ4n) is 2.94. The van der Waals surface area contributed by atoms with Gasteiger partial charge in [-0.1, -0.05) is 47.2 Å². The van der Waals surface area contributed by atoms with Gasteiger partial charge in [-0.25, -0.2) is 4.79 Å². The van der Waals surface area contributed by atoms with E-state index in [1.54, 1.807) is 49.4 Å². The third-order valence-electron chi connectivity index (χ3n) is 4.68. The molecule has 170 valence electrons. The number of rotatable bonds is 10. The number of carboxylic acids is 1. The van der Waals surface area contributed by atoms with Gasteiger partial charge < -0.3 is 19.8 Å². The van der Waals surface area contributed by atoms with Crippen LogP contribution in [0.25, 0.3) is 0 Å². The minimum atomic E-state index is -2.72. The molecule has 0 aliphatic heterocycles. The van der Waals surface area contributed by atoms with E-state index in [4.69, 9.17) is 9.26 Å². The van der Waals surface area contributed by atoms with Gasteiger partial charge in [-0.15, -0.1) is 0 Å². The molecule has 0 aliphatic rings. The summed E-state index contributed by atoms with van der Waals surface area (Å²) in [7, 11) is -2.72. The number of aromatic nitrogens is 1. The molecule has 3 aromatic rings. The molecular formula is C23H21N2O7P. The van der Waals surface area contributed by atoms with Crippen molar-refractivity contribution in [2.45, 2.75) is 26.0 Å². The van der Waals surface area contributed by atoms with Crippen molar-refractivity contribution in [3.63, 3.8) is 0 Å². The lowest BCUT2D eigenvalue weighted by Crippen LogP contribution is -2.20. The number of para-hydroxylation sites is 2. The number of carbonyl (C=O) groups is 2. The maximum absolute atomic E-state index is 12.5. The standard InChI is InChI=1S/C23H21N2O7P/c1-15-22(27)18(13-26)17(12-24-15)14-31-20-9-5-6-10-21(20)32-33(30)25-19(23(28)29)11-16-7-3-2-4-8-16/h2-10,12-13,19,27H,11,14H2,1H3,(H,28,29). The molecule has 2 unspecified atom stereocenters. The summed E-state index contributed by atoms with van der Waals surface area (Å²) in [5.41, 5.74) is 1.46. The van der Waals surface area contributed by atoms with E-state index in [-0.39, 0.29) is 35.8 Å². The maximum Gasteiger partial charge on any atom is 0.395 e. The van der Waals surface area contributed by atoms with E-state index < -0.39 is 20.2 Å². The van der Waals surface area contributed by atoms with Crippen LogP contribution in [-0.2, 0) is 17.8 Å². The van der Waals surface area contributed by atoms with E-state index in [0.29, 0.717) is 17.5 Å². The number of aromatic hydroxyl groups is 1. The van der Waals surface area contributed by atoms with Gasteiger partial charge in [-0.3, -0.25) is 14.3 Å². The molecule has 2 atom stereocenters. The van der Waals surface area contributed by atoms with Gasteiger partial charge in [0.1, 0.15) is 12.4 Å². The molecule has 0 saturated heterocycles. The average molecular weight is 468 g/mol. The Morgan fingerprint density at radius 3 is 2.52 bits per heavy atom. The van der Waals surface area contributed by atoms with Crippen LogP contribution in [0.2, 0.25) is 0 Å². The zero-order chi connectivity index (χ0) is 23.8. The minimum Gasteiger partial charge on any atom is -0.575 e. The van der Waals surface area contributed by atoms with Crippen LogP contribution >= 0.6 is 8.17 Å². The predicted molar refractivity (Wildman–Crippen MR) is 118 cm³/mol. The summed E-state index contributed by atoms with van der Waals surface area (Å²) in [6.45, 7) is 1.45. The van der Waals surface area contributed by atoms with Crippen LogP contribution in [0.15, 0.2) is 65.5 Å². The topological polar surface area (TPSA) is 141 Å². The molecule has 0 spiro atoms. The van der Waals surface area contributed by atoms with Crippen molar-refractivity contribution in [2.24, 2.45) is 4.74 Å². The Labute approximate surface area is 190 Å². The average Bonchev–Trinajstić information content (AvgIpc) is 2.81. The molecule has 0 bridgehead atoms. The lowest BCUT2D eigenvalue weighted by Gasteiger charge is -2.12. The molecule has 1 heterocycles. The van der Waals surface area contributed by atoms with Gasteiger partial charge in [0.2, 0.25) is 5.75 Å². The fourth-order valence-corrected chi connectivity index (χ4v) is 3.71. The maximum atomic E-state index is 12.5. The monoisotopic (exact) mass is 468 g/mol. The second-order valence-corrected chi connectivity index (χ2v) is 7.86. The Morgan fingerprint density at radius 1 is 1.18 bits per heavy atom. The minimum absolute atomic E-state index is 0.0622. The molecule has 0 amide bonds. The highest BCUT2D eigenvalue weighted by molar-refractivity contribution is 7.34. The van der Waals surface area contributed by atoms with E-state index in [1.807, 2.05) is 6.07 Å². The first kappa shape index (κ1) is 23.8. The second kappa shape index (κ2) is 11.2. The lowest BCUT2D eigenvalue weighted by molar-refractivity contribution is -0.169. The Hall–Kier alpha value is -3.81. The van der Waals surface area contributed by atoms with Crippen molar-refractivity contribution in [1.82, 2.24) is 4.98 Å². The first-order valence-electron chi connectivity index (χ1n) is 9.86. The summed E-state index contributed by atoms with van der Waals surface area (Å²) < 4.78 is 14.9. The number of aldehydes is 1. The zero-order valence-corrected chi connectivity index (χ0v) is 18.5. The highest BCUT2D eigenvalue weighted by Gasteiger charge is 2.23. The van der Waals surface area contributed by atoms with Crippen LogP contribution in [0.1, 0.15) is 27.2 Å². The number of aliphatic carboxylic acids is 1. The largest absolute Gasteiger partial charge is 0.575 e. The summed E-state index contributed by atoms with van der Waals surface area (Å²) in [5.74, 6) is -1.16. The molecule has 9 nitrogen and oxygen atoms in total. The van der Waals surface area contributed by atoms with Gasteiger partial charge in [-0.05, 0) is 24.6 Å². The number of carbonyl (C=O) groups excluding carboxylic acids is 1. The SMILES string of the molecule is Cc1ncc(COc2ccccc2O/[P+]([O-])=N/C(Cc2ccccc2)C(=O)O)c(C=O)c1O. The molecule has 0 fully saturated rings. The second-order valence-electron chi connectivity index (χ2n) is 6.97. The number of hydrogen-bond donors (Lipinski definition) is 2. The van der Waals surface area contributed by atoms with Crippen LogP contribution in [0, 0.1) is 6.92 Å². The number of pyridine rings is 1. The van der Waals surface area contributed by atoms with Crippen molar-refractivity contribution in [3.05, 3.63) is 83.2 Å². The van der Waals surface area contributed by atoms with E-state index in [2.05, 4.69) is 9.73 Å². The molecule has 0 radical (unpaired) electrons. The van der Waals surface area contributed by atoms with Crippen LogP contribution in [0.5, 0.6) is 17.2 Å². The number of carboxylic acid groups (broad SMARTS) is 1. The summed E-state index contributed by atoms with van der Waals surface area (Å²) in [6, 6.07) is 14.0. The Balaban J connectivity index is 1.75. The van der Waals surface area contributed by atoms with Crippen molar-refractivity contribution >= 4 is 20.4 Å². The Kier molecular flexibility index (Phi) is 8.07. The summed E-state index contributed by atoms with van der Waals surface area (Å²) in [6.07, 6.45) is 2.00. The quantitative estimate of drug-likeness (QED) is 0.341. The molecule has 10 heteroatoms. The third kappa shape index (κ3) is 6.35. The van der Waals surface area contributed by atoms with Gasteiger partial charge in [0.05, 0.1) is 11.3 Å². The molecule has 2 N–H and O–H groups in total. The first-order chi connectivity index (χ1) is 15.9. The molecule has 2 aromatic carbocycles. The molecular weight excluding hydrogens is 447 g/mol. The van der Waals surface area contributed by atoms with Crippen molar-refractivity contribution < 1.29 is 34.0 Å². The van der Waals surface area contributed by atoms with Gasteiger partial charge in [0, 0.05) is 18.2 Å². The summed E-state index contributed by atoms with van der Waals surface area (Å²) in [5, 5.41) is 19.5. The van der Waals surface area contributed by atoms with Gasteiger partial charge in [0.25, 0.3) is 0 Å². The van der Waals surface area contributed by atoms with Crippen LogP contribution < -0.4 is 14.2 Å². The molecule has 3 rings (SSSR count). The predicted octanol–water partition coefficient (Wildman–Crippen LogP) is 3.42. The van der Waals surface area contributed by atoms with E-state index >= 15 is 0 Å². The van der Waals surface area contributed by atoms with E-state index in [9.17, 15) is 24.7 Å². The number of nitrogens with zero attached hydrogens (tertiary/aromatic N) is 2. The molecule has 0 aliphatic carbocycles. The van der Waals surface area contributed by atoms with E-state index in [1.165, 1.54) is 12.3 Å². The number of ether oxygens (including phenoxy) is 1. The Morgan fingerprint density at radius 2 is 1.85 bits per heavy atom. The van der Waals surface area contributed by atoms with Crippen LogP contribution in [-0.4, -0.2) is 33.5 Å². The van der Waals surface area contributed by atoms with Crippen molar-refractivity contribution in [2.75, 3.05) is 0 Å². The number of hydrogen-bond acceptors (Lipinski definition) is 8. The van der Waals surface area contributed by atoms with Gasteiger partial charge in [-0.2, -0.15) is 0 Å². The smallest absolute Gasteiger partial charge is 0.395 e. The fraction of sp³-hybridized carbons (Fsp3) is 0.174. The molecule has 0 saturated carbocycles. The summed E-state index contributed by atoms with van der Waals surface area (Å²) >= 11 is 0. The molecule has 33 heavy (non-hydrogen) atoms. The van der Waals surface area contributed by atoms with Gasteiger partial charge in [0.15, 0.2) is 18.1 Å². The van der Waals surface area contributed by atoms with Crippen LogP contribution in [0.3, 0.4) is 0 Å². The number of aryl methyl sites for hydroxylation is 1.